The molecule has 0 spiro atoms. The third-order valence-corrected chi connectivity index (χ3v) is 4.67. The zero-order valence-corrected chi connectivity index (χ0v) is 16.2. The van der Waals surface area contributed by atoms with Gasteiger partial charge < -0.3 is 5.11 Å². The van der Waals surface area contributed by atoms with Gasteiger partial charge in [-0.3, -0.25) is 0 Å². The Kier molecular flexibility index (Phi) is 8.88. The highest BCUT2D eigenvalue weighted by Gasteiger charge is 2.03. The van der Waals surface area contributed by atoms with E-state index in [0.29, 0.717) is 5.69 Å². The summed E-state index contributed by atoms with van der Waals surface area (Å²) in [5.74, 6) is 0.181. The maximum Gasteiger partial charge on any atom is 0.143 e. The van der Waals surface area contributed by atoms with E-state index in [9.17, 15) is 5.11 Å². The lowest BCUT2D eigenvalue weighted by Crippen LogP contribution is -1.86. The van der Waals surface area contributed by atoms with Gasteiger partial charge in [0.25, 0.3) is 0 Å². The van der Waals surface area contributed by atoms with Gasteiger partial charge in [0.2, 0.25) is 0 Å². The molecule has 0 saturated heterocycles. The van der Waals surface area contributed by atoms with Crippen LogP contribution in [0.15, 0.2) is 52.7 Å². The average Bonchev–Trinajstić information content (AvgIpc) is 2.65. The Hall–Kier alpha value is -2.16. The summed E-state index contributed by atoms with van der Waals surface area (Å²) in [4.78, 5) is 0. The fourth-order valence-corrected chi connectivity index (χ4v) is 2.99. The SMILES string of the molecule is CCCCCCCCCCc1ccc(O)c(N=Nc2ccc(C)cc2)c1. The molecule has 0 heterocycles. The van der Waals surface area contributed by atoms with E-state index in [1.165, 1.54) is 62.5 Å². The molecular weight excluding hydrogens is 320 g/mol. The van der Waals surface area contributed by atoms with Gasteiger partial charge in [0.15, 0.2) is 0 Å². The summed E-state index contributed by atoms with van der Waals surface area (Å²) in [5.41, 5.74) is 3.75. The van der Waals surface area contributed by atoms with Crippen molar-refractivity contribution in [2.75, 3.05) is 0 Å². The maximum absolute atomic E-state index is 10.0. The molecule has 0 aliphatic heterocycles. The Morgan fingerprint density at radius 1 is 0.769 bits per heavy atom. The minimum atomic E-state index is 0.181. The molecule has 1 N–H and O–H groups in total. The number of aromatic hydroxyl groups is 1. The molecular formula is C23H32N2O. The van der Waals surface area contributed by atoms with E-state index in [1.54, 1.807) is 6.07 Å². The van der Waals surface area contributed by atoms with Crippen molar-refractivity contribution < 1.29 is 5.11 Å². The van der Waals surface area contributed by atoms with Crippen molar-refractivity contribution in [1.29, 1.82) is 0 Å². The Bertz CT molecular complexity index is 677. The van der Waals surface area contributed by atoms with E-state index in [-0.39, 0.29) is 5.75 Å². The first-order valence-electron chi connectivity index (χ1n) is 9.99. The predicted molar refractivity (Wildman–Crippen MR) is 110 cm³/mol. The monoisotopic (exact) mass is 352 g/mol. The van der Waals surface area contributed by atoms with Gasteiger partial charge in [0.05, 0.1) is 5.69 Å². The standard InChI is InChI=1S/C23H32N2O/c1-3-4-5-6-7-8-9-10-11-20-14-17-23(26)22(18-20)25-24-21-15-12-19(2)13-16-21/h12-18,26H,3-11H2,1-2H3. The zero-order valence-electron chi connectivity index (χ0n) is 16.2. The molecule has 0 bridgehead atoms. The van der Waals surface area contributed by atoms with Gasteiger partial charge in [0, 0.05) is 0 Å². The number of hydrogen-bond acceptors (Lipinski definition) is 3. The lowest BCUT2D eigenvalue weighted by molar-refractivity contribution is 0.476. The van der Waals surface area contributed by atoms with Crippen molar-refractivity contribution in [1.82, 2.24) is 0 Å². The molecule has 26 heavy (non-hydrogen) atoms. The number of rotatable bonds is 11. The second-order valence-electron chi connectivity index (χ2n) is 7.08. The Morgan fingerprint density at radius 3 is 2.12 bits per heavy atom. The van der Waals surface area contributed by atoms with Crippen molar-refractivity contribution in [3.63, 3.8) is 0 Å². The lowest BCUT2D eigenvalue weighted by atomic mass is 10.0. The molecule has 2 rings (SSSR count). The number of phenols is 1. The molecule has 2 aromatic carbocycles. The first-order valence-corrected chi connectivity index (χ1v) is 9.99. The molecule has 0 aliphatic carbocycles. The minimum absolute atomic E-state index is 0.181. The Balaban J connectivity index is 1.80. The number of benzene rings is 2. The van der Waals surface area contributed by atoms with Crippen LogP contribution in [0.4, 0.5) is 11.4 Å². The van der Waals surface area contributed by atoms with Crippen LogP contribution in [-0.4, -0.2) is 5.11 Å². The molecule has 0 amide bonds. The normalized spacial score (nSPS) is 11.3. The third kappa shape index (κ3) is 7.38. The van der Waals surface area contributed by atoms with Gasteiger partial charge in [-0.25, -0.2) is 0 Å². The van der Waals surface area contributed by atoms with Crippen LogP contribution in [0.5, 0.6) is 5.75 Å². The van der Waals surface area contributed by atoms with Crippen LogP contribution in [0.2, 0.25) is 0 Å². The van der Waals surface area contributed by atoms with Crippen LogP contribution in [0.1, 0.15) is 69.4 Å². The van der Waals surface area contributed by atoms with Gasteiger partial charge in [-0.1, -0.05) is 75.6 Å². The average molecular weight is 353 g/mol. The van der Waals surface area contributed by atoms with Crippen molar-refractivity contribution in [2.45, 2.75) is 71.6 Å². The number of azo groups is 1. The minimum Gasteiger partial charge on any atom is -0.506 e. The van der Waals surface area contributed by atoms with Gasteiger partial charge in [-0.05, 0) is 49.6 Å². The predicted octanol–water partition coefficient (Wildman–Crippen LogP) is 7.80. The fourth-order valence-electron chi connectivity index (χ4n) is 2.99. The highest BCUT2D eigenvalue weighted by Crippen LogP contribution is 2.29. The van der Waals surface area contributed by atoms with E-state index in [1.807, 2.05) is 43.3 Å². The third-order valence-electron chi connectivity index (χ3n) is 4.67. The second-order valence-corrected chi connectivity index (χ2v) is 7.08. The van der Waals surface area contributed by atoms with E-state index >= 15 is 0 Å². The molecule has 0 saturated carbocycles. The molecule has 2 aromatic rings. The maximum atomic E-state index is 10.0. The molecule has 0 unspecified atom stereocenters. The second kappa shape index (κ2) is 11.5. The van der Waals surface area contributed by atoms with Crippen molar-refractivity contribution in [2.24, 2.45) is 10.2 Å². The summed E-state index contributed by atoms with van der Waals surface area (Å²) in [5, 5.41) is 18.5. The summed E-state index contributed by atoms with van der Waals surface area (Å²) in [6.45, 7) is 4.30. The number of phenolic OH excluding ortho intramolecular Hbond substituents is 1. The lowest BCUT2D eigenvalue weighted by Gasteiger charge is -2.05. The van der Waals surface area contributed by atoms with Gasteiger partial charge in [0.1, 0.15) is 11.4 Å². The first kappa shape index (κ1) is 20.2. The molecule has 0 aromatic heterocycles. The largest absolute Gasteiger partial charge is 0.506 e. The van der Waals surface area contributed by atoms with Gasteiger partial charge in [-0.2, -0.15) is 5.11 Å². The summed E-state index contributed by atoms with van der Waals surface area (Å²) in [6, 6.07) is 13.5. The van der Waals surface area contributed by atoms with E-state index in [4.69, 9.17) is 0 Å². The Labute approximate surface area is 158 Å². The van der Waals surface area contributed by atoms with Crippen LogP contribution in [0.3, 0.4) is 0 Å². The molecule has 0 fully saturated rings. The highest BCUT2D eigenvalue weighted by atomic mass is 16.3. The van der Waals surface area contributed by atoms with E-state index in [0.717, 1.165) is 12.1 Å². The van der Waals surface area contributed by atoms with Crippen LogP contribution in [0.25, 0.3) is 0 Å². The van der Waals surface area contributed by atoms with Crippen LogP contribution >= 0.6 is 0 Å². The summed E-state index contributed by atoms with van der Waals surface area (Å²) < 4.78 is 0. The van der Waals surface area contributed by atoms with Gasteiger partial charge >= 0.3 is 0 Å². The van der Waals surface area contributed by atoms with E-state index < -0.39 is 0 Å². The molecule has 0 atom stereocenters. The summed E-state index contributed by atoms with van der Waals surface area (Å²) in [6.07, 6.45) is 11.6. The first-order chi connectivity index (χ1) is 12.7. The van der Waals surface area contributed by atoms with Gasteiger partial charge in [-0.15, -0.1) is 5.11 Å². The number of hydrogen-bond donors (Lipinski definition) is 1. The zero-order chi connectivity index (χ0) is 18.6. The number of unbranched alkanes of at least 4 members (excludes halogenated alkanes) is 7. The van der Waals surface area contributed by atoms with Crippen LogP contribution in [-0.2, 0) is 6.42 Å². The molecule has 0 aliphatic rings. The summed E-state index contributed by atoms with van der Waals surface area (Å²) >= 11 is 0. The van der Waals surface area contributed by atoms with Crippen LogP contribution < -0.4 is 0 Å². The molecule has 3 nitrogen and oxygen atoms in total. The van der Waals surface area contributed by atoms with Crippen molar-refractivity contribution in [3.8, 4) is 5.75 Å². The fraction of sp³-hybridized carbons (Fsp3) is 0.478. The topological polar surface area (TPSA) is 45.0 Å². The summed E-state index contributed by atoms with van der Waals surface area (Å²) in [7, 11) is 0. The van der Waals surface area contributed by atoms with Crippen molar-refractivity contribution in [3.05, 3.63) is 53.6 Å². The quantitative estimate of drug-likeness (QED) is 0.325. The number of nitrogens with zero attached hydrogens (tertiary/aromatic N) is 2. The highest BCUT2D eigenvalue weighted by molar-refractivity contribution is 5.53. The van der Waals surface area contributed by atoms with E-state index in [2.05, 4.69) is 17.2 Å². The molecule has 140 valence electrons. The smallest absolute Gasteiger partial charge is 0.143 e. The van der Waals surface area contributed by atoms with Crippen molar-refractivity contribution >= 4 is 11.4 Å². The van der Waals surface area contributed by atoms with Crippen LogP contribution in [0, 0.1) is 6.92 Å². The number of aryl methyl sites for hydroxylation is 2. The molecule has 3 heteroatoms. The molecule has 0 radical (unpaired) electrons. The Morgan fingerprint density at radius 2 is 1.42 bits per heavy atom.